The maximum absolute atomic E-state index is 13.9. The van der Waals surface area contributed by atoms with Gasteiger partial charge >= 0.3 is 12.1 Å². The molecule has 2 atom stereocenters. The fraction of sp³-hybridized carbons (Fsp3) is 0.300. The van der Waals surface area contributed by atoms with Crippen molar-refractivity contribution >= 4 is 29.1 Å². The second-order valence-electron chi connectivity index (χ2n) is 10.2. The van der Waals surface area contributed by atoms with Gasteiger partial charge in [-0.15, -0.1) is 0 Å². The highest BCUT2D eigenvalue weighted by Crippen LogP contribution is 2.32. The number of imidazole rings is 1. The number of rotatable bonds is 3. The van der Waals surface area contributed by atoms with E-state index in [0.717, 1.165) is 57.7 Å². The number of nitrogens with zero attached hydrogens (tertiary/aromatic N) is 2. The molecule has 3 aromatic carbocycles. The van der Waals surface area contributed by atoms with Crippen LogP contribution in [-0.4, -0.2) is 53.8 Å². The van der Waals surface area contributed by atoms with E-state index in [1.807, 2.05) is 35.2 Å². The summed E-state index contributed by atoms with van der Waals surface area (Å²) in [4.78, 5) is 35.7. The van der Waals surface area contributed by atoms with Gasteiger partial charge in [0.15, 0.2) is 0 Å². The number of methoxy groups -OCH3 is 1. The summed E-state index contributed by atoms with van der Waals surface area (Å²) in [5.41, 5.74) is 5.37. The van der Waals surface area contributed by atoms with Gasteiger partial charge in [-0.25, -0.2) is 23.9 Å². The molecule has 2 aliphatic rings. The Hall–Kier alpha value is -4.44. The maximum Gasteiger partial charge on any atom is 0.418 e. The lowest BCUT2D eigenvalue weighted by Crippen LogP contribution is -3.15. The van der Waals surface area contributed by atoms with Crippen LogP contribution in [0, 0.1) is 5.82 Å². The molecule has 0 bridgehead atoms. The van der Waals surface area contributed by atoms with E-state index >= 15 is 0 Å². The number of piperidine rings is 1. The van der Waals surface area contributed by atoms with Crippen LogP contribution in [0.4, 0.5) is 19.9 Å². The molecule has 3 N–H and O–H groups in total. The van der Waals surface area contributed by atoms with Crippen LogP contribution < -0.4 is 15.0 Å². The van der Waals surface area contributed by atoms with Gasteiger partial charge in [0.05, 0.1) is 24.2 Å². The Kier molecular flexibility index (Phi) is 7.08. The van der Waals surface area contributed by atoms with Crippen LogP contribution in [0.25, 0.3) is 22.2 Å². The number of urea groups is 1. The molecule has 40 heavy (non-hydrogen) atoms. The quantitative estimate of drug-likeness (QED) is 0.348. The van der Waals surface area contributed by atoms with Crippen molar-refractivity contribution in [3.63, 3.8) is 0 Å². The summed E-state index contributed by atoms with van der Waals surface area (Å²) in [6.45, 7) is 2.20. The average molecular weight is 545 g/mol. The van der Waals surface area contributed by atoms with Gasteiger partial charge in [0.1, 0.15) is 31.3 Å². The van der Waals surface area contributed by atoms with Crippen LogP contribution >= 0.6 is 0 Å². The van der Waals surface area contributed by atoms with Gasteiger partial charge < -0.3 is 14.5 Å². The minimum atomic E-state index is -0.597. The first-order chi connectivity index (χ1) is 19.5. The Labute approximate surface area is 230 Å². The number of aromatic nitrogens is 2. The number of nitrogens with one attached hydrogen (secondary N) is 3. The molecule has 206 valence electrons. The normalized spacial score (nSPS) is 18.9. The molecule has 10 heteroatoms. The van der Waals surface area contributed by atoms with Gasteiger partial charge in [0, 0.05) is 12.1 Å². The molecule has 0 aliphatic carbocycles. The summed E-state index contributed by atoms with van der Waals surface area (Å²) in [6, 6.07) is 18.4. The fourth-order valence-electron chi connectivity index (χ4n) is 5.63. The monoisotopic (exact) mass is 544 g/mol. The smallest absolute Gasteiger partial charge is 0.418 e. The fourth-order valence-corrected chi connectivity index (χ4v) is 5.63. The standard InChI is InChI=1S/C30H30FN5O4/c1-39-29(37)34-28-32-24-11-7-21(17-25(24)33-28)20-8-12-27-22(16-20)18-35(14-15-40-27)30(38)36-13-3-2-4-26(36)19-5-9-23(31)10-6-19/h5-12,16-17,26H,2-4,13-15,18H2,1H3,(H2,32,33,34,37)/p+1. The van der Waals surface area contributed by atoms with Gasteiger partial charge in [0.25, 0.3) is 0 Å². The zero-order valence-corrected chi connectivity index (χ0v) is 22.2. The van der Waals surface area contributed by atoms with Gasteiger partial charge in [0.2, 0.25) is 5.95 Å². The number of carbonyl (C=O) groups is 2. The number of aromatic amines is 1. The first kappa shape index (κ1) is 25.8. The van der Waals surface area contributed by atoms with Gasteiger partial charge in [-0.3, -0.25) is 10.2 Å². The molecule has 1 fully saturated rings. The molecule has 0 radical (unpaired) electrons. The van der Waals surface area contributed by atoms with Crippen LogP contribution in [0.2, 0.25) is 0 Å². The first-order valence-corrected chi connectivity index (χ1v) is 13.5. The first-order valence-electron chi connectivity index (χ1n) is 13.5. The van der Waals surface area contributed by atoms with Crippen LogP contribution in [0.15, 0.2) is 60.7 Å². The van der Waals surface area contributed by atoms with E-state index < -0.39 is 6.09 Å². The highest BCUT2D eigenvalue weighted by Gasteiger charge is 2.36. The molecule has 1 aromatic heterocycles. The number of carbonyl (C=O) groups excluding carboxylic acids is 2. The molecule has 9 nitrogen and oxygen atoms in total. The van der Waals surface area contributed by atoms with Crippen LogP contribution in [0.3, 0.4) is 0 Å². The SMILES string of the molecule is COC(=O)Nc1nc2ccc(-c3ccc4c(c3)C[NH+](C(=O)N3CCCCC3c3ccc(F)cc3)CCO4)cc2[nH]1. The molecule has 2 unspecified atom stereocenters. The van der Waals surface area contributed by atoms with Crippen molar-refractivity contribution in [2.75, 3.05) is 32.1 Å². The molecule has 4 aromatic rings. The van der Waals surface area contributed by atoms with Crippen molar-refractivity contribution in [1.29, 1.82) is 0 Å². The van der Waals surface area contributed by atoms with Crippen LogP contribution in [0.5, 0.6) is 5.75 Å². The highest BCUT2D eigenvalue weighted by atomic mass is 19.1. The number of quaternary nitrogens is 1. The molecule has 3 amide bonds. The average Bonchev–Trinajstić information content (AvgIpc) is 3.25. The summed E-state index contributed by atoms with van der Waals surface area (Å²) in [6.07, 6.45) is 2.27. The number of fused-ring (bicyclic) bond motifs is 2. The number of anilines is 1. The number of H-pyrrole nitrogens is 1. The Morgan fingerprint density at radius 3 is 2.73 bits per heavy atom. The molecule has 0 spiro atoms. The second-order valence-corrected chi connectivity index (χ2v) is 10.2. The lowest BCUT2D eigenvalue weighted by molar-refractivity contribution is -0.833. The Morgan fingerprint density at radius 2 is 1.90 bits per heavy atom. The molecule has 0 saturated carbocycles. The summed E-state index contributed by atoms with van der Waals surface area (Å²) in [5.74, 6) is 0.821. The Morgan fingerprint density at radius 1 is 1.10 bits per heavy atom. The van der Waals surface area contributed by atoms with Crippen molar-refractivity contribution in [2.45, 2.75) is 31.8 Å². The number of hydrogen-bond donors (Lipinski definition) is 3. The van der Waals surface area contributed by atoms with Crippen molar-refractivity contribution in [3.05, 3.63) is 77.6 Å². The third-order valence-corrected chi connectivity index (χ3v) is 7.67. The lowest BCUT2D eigenvalue weighted by Gasteiger charge is -2.36. The molecule has 2 aliphatic heterocycles. The second kappa shape index (κ2) is 11.0. The van der Waals surface area contributed by atoms with E-state index in [-0.39, 0.29) is 17.9 Å². The van der Waals surface area contributed by atoms with Crippen LogP contribution in [0.1, 0.15) is 36.4 Å². The van der Waals surface area contributed by atoms with Gasteiger partial charge in [-0.2, -0.15) is 0 Å². The zero-order valence-electron chi connectivity index (χ0n) is 22.2. The third kappa shape index (κ3) is 5.22. The van der Waals surface area contributed by atoms with Crippen molar-refractivity contribution in [1.82, 2.24) is 14.9 Å². The summed E-state index contributed by atoms with van der Waals surface area (Å²) in [5, 5.41) is 2.55. The third-order valence-electron chi connectivity index (χ3n) is 7.67. The summed E-state index contributed by atoms with van der Waals surface area (Å²) in [7, 11) is 1.30. The van der Waals surface area contributed by atoms with Gasteiger partial charge in [-0.1, -0.05) is 24.3 Å². The predicted octanol–water partition coefficient (Wildman–Crippen LogP) is 4.67. The van der Waals surface area contributed by atoms with E-state index in [1.54, 1.807) is 12.1 Å². The largest absolute Gasteiger partial charge is 0.487 e. The van der Waals surface area contributed by atoms with Crippen molar-refractivity contribution < 1.29 is 28.4 Å². The Bertz CT molecular complexity index is 1550. The Balaban J connectivity index is 1.24. The van der Waals surface area contributed by atoms with E-state index in [0.29, 0.717) is 37.7 Å². The number of amides is 3. The number of hydrogen-bond acceptors (Lipinski definition) is 5. The summed E-state index contributed by atoms with van der Waals surface area (Å²) < 4.78 is 24.2. The van der Waals surface area contributed by atoms with E-state index in [2.05, 4.69) is 26.1 Å². The molecular weight excluding hydrogens is 513 g/mol. The van der Waals surface area contributed by atoms with Crippen LogP contribution in [-0.2, 0) is 11.3 Å². The molecule has 3 heterocycles. The number of halogens is 1. The maximum atomic E-state index is 13.9. The molecule has 1 saturated heterocycles. The van der Waals surface area contributed by atoms with Gasteiger partial charge in [-0.05, 0) is 72.4 Å². The number of likely N-dealkylation sites (tertiary alicyclic amines) is 1. The van der Waals surface area contributed by atoms with Crippen molar-refractivity contribution in [2.24, 2.45) is 0 Å². The van der Waals surface area contributed by atoms with E-state index in [1.165, 1.54) is 19.2 Å². The topological polar surface area (TPSA) is 101 Å². The van der Waals surface area contributed by atoms with E-state index in [9.17, 15) is 14.0 Å². The summed E-state index contributed by atoms with van der Waals surface area (Å²) >= 11 is 0. The van der Waals surface area contributed by atoms with E-state index in [4.69, 9.17) is 4.74 Å². The molecular formula is C30H31FN5O4+. The minimum absolute atomic E-state index is 0.0518. The number of benzene rings is 3. The number of ether oxygens (including phenoxy) is 2. The lowest BCUT2D eigenvalue weighted by atomic mass is 9.95. The minimum Gasteiger partial charge on any atom is -0.487 e. The zero-order chi connectivity index (χ0) is 27.6. The molecule has 6 rings (SSSR count). The highest BCUT2D eigenvalue weighted by molar-refractivity contribution is 5.88. The predicted molar refractivity (Wildman–Crippen MR) is 148 cm³/mol. The van der Waals surface area contributed by atoms with Crippen molar-refractivity contribution in [3.8, 4) is 16.9 Å².